The minimum Gasteiger partial charge on any atom is -0.409 e. The third kappa shape index (κ3) is 3.19. The molecule has 0 unspecified atom stereocenters. The molecule has 4 nitrogen and oxygen atoms in total. The first-order chi connectivity index (χ1) is 9.10. The van der Waals surface area contributed by atoms with E-state index >= 15 is 0 Å². The van der Waals surface area contributed by atoms with Crippen LogP contribution in [0.1, 0.15) is 5.69 Å². The third-order valence-electron chi connectivity index (χ3n) is 2.20. The highest BCUT2D eigenvalue weighted by Crippen LogP contribution is 2.29. The summed E-state index contributed by atoms with van der Waals surface area (Å²) in [7, 11) is 0. The number of nitrogens with two attached hydrogens (primary N) is 1. The van der Waals surface area contributed by atoms with Gasteiger partial charge in [0.25, 0.3) is 0 Å². The van der Waals surface area contributed by atoms with Crippen LogP contribution in [0.3, 0.4) is 0 Å². The minimum atomic E-state index is -0.539. The number of amidine groups is 1. The maximum atomic E-state index is 13.5. The van der Waals surface area contributed by atoms with E-state index in [0.717, 1.165) is 30.0 Å². The number of hydrogen-bond donors (Lipinski definition) is 2. The van der Waals surface area contributed by atoms with Gasteiger partial charge in [0.05, 0.1) is 4.90 Å². The highest BCUT2D eigenvalue weighted by atomic mass is 32.2. The fourth-order valence-electron chi connectivity index (χ4n) is 1.33. The van der Waals surface area contributed by atoms with Crippen LogP contribution < -0.4 is 5.73 Å². The number of hydrogen-bond acceptors (Lipinski definition) is 4. The van der Waals surface area contributed by atoms with Crippen molar-refractivity contribution in [2.24, 2.45) is 10.9 Å². The normalized spacial score (nSPS) is 11.6. The Kier molecular flexibility index (Phi) is 3.96. The van der Waals surface area contributed by atoms with Crippen LogP contribution in [0.4, 0.5) is 8.78 Å². The first kappa shape index (κ1) is 13.3. The van der Waals surface area contributed by atoms with Crippen molar-refractivity contribution in [2.75, 3.05) is 0 Å². The van der Waals surface area contributed by atoms with Crippen molar-refractivity contribution in [1.82, 2.24) is 4.98 Å². The van der Waals surface area contributed by atoms with Crippen molar-refractivity contribution < 1.29 is 14.0 Å². The van der Waals surface area contributed by atoms with E-state index in [9.17, 15) is 8.78 Å². The molecule has 0 fully saturated rings. The van der Waals surface area contributed by atoms with Crippen molar-refractivity contribution in [3.8, 4) is 0 Å². The molecule has 0 spiro atoms. The zero-order valence-corrected chi connectivity index (χ0v) is 10.4. The quantitative estimate of drug-likeness (QED) is 0.392. The molecule has 0 aliphatic rings. The van der Waals surface area contributed by atoms with Crippen LogP contribution in [0.15, 0.2) is 51.5 Å². The van der Waals surface area contributed by atoms with Crippen molar-refractivity contribution in [3.63, 3.8) is 0 Å². The van der Waals surface area contributed by atoms with Gasteiger partial charge in [-0.1, -0.05) is 23.0 Å². The maximum Gasteiger partial charge on any atom is 0.188 e. The summed E-state index contributed by atoms with van der Waals surface area (Å²) in [5.74, 6) is -1.22. The fourth-order valence-corrected chi connectivity index (χ4v) is 2.19. The molecular formula is C12H9F2N3OS. The summed E-state index contributed by atoms with van der Waals surface area (Å²) in [6.07, 6.45) is 0. The molecular weight excluding hydrogens is 272 g/mol. The van der Waals surface area contributed by atoms with Gasteiger partial charge in [0.15, 0.2) is 5.84 Å². The molecule has 0 bridgehead atoms. The zero-order chi connectivity index (χ0) is 13.8. The van der Waals surface area contributed by atoms with Gasteiger partial charge in [0, 0.05) is 0 Å². The van der Waals surface area contributed by atoms with Gasteiger partial charge in [-0.3, -0.25) is 0 Å². The lowest BCUT2D eigenvalue weighted by Crippen LogP contribution is -2.14. The van der Waals surface area contributed by atoms with Gasteiger partial charge in [0.2, 0.25) is 0 Å². The second-order valence-corrected chi connectivity index (χ2v) is 4.59. The van der Waals surface area contributed by atoms with Gasteiger partial charge in [-0.05, 0) is 30.3 Å². The maximum absolute atomic E-state index is 13.5. The number of pyridine rings is 1. The molecule has 1 aromatic heterocycles. The minimum absolute atomic E-state index is 0.115. The predicted octanol–water partition coefficient (Wildman–Crippen LogP) is 2.61. The summed E-state index contributed by atoms with van der Waals surface area (Å²) in [6.45, 7) is 0. The van der Waals surface area contributed by atoms with Gasteiger partial charge < -0.3 is 10.9 Å². The lowest BCUT2D eigenvalue weighted by Gasteiger charge is -2.04. The Balaban J connectivity index is 2.31. The van der Waals surface area contributed by atoms with Crippen LogP contribution in [0, 0.1) is 11.6 Å². The van der Waals surface area contributed by atoms with E-state index in [1.165, 1.54) is 0 Å². The predicted molar refractivity (Wildman–Crippen MR) is 67.2 cm³/mol. The van der Waals surface area contributed by atoms with Crippen LogP contribution in [0.5, 0.6) is 0 Å². The molecule has 98 valence electrons. The summed E-state index contributed by atoms with van der Waals surface area (Å²) < 4.78 is 26.5. The molecule has 0 saturated heterocycles. The van der Waals surface area contributed by atoms with Gasteiger partial charge in [-0.25, -0.2) is 13.8 Å². The molecule has 2 aromatic rings. The second kappa shape index (κ2) is 5.66. The first-order valence-electron chi connectivity index (χ1n) is 5.18. The number of nitrogens with zero attached hydrogens (tertiary/aromatic N) is 2. The number of benzene rings is 1. The highest BCUT2D eigenvalue weighted by Gasteiger charge is 2.08. The smallest absolute Gasteiger partial charge is 0.188 e. The lowest BCUT2D eigenvalue weighted by molar-refractivity contribution is 0.318. The molecule has 0 saturated carbocycles. The molecule has 1 heterocycles. The summed E-state index contributed by atoms with van der Waals surface area (Å²) in [5.41, 5.74) is 5.66. The Labute approximate surface area is 112 Å². The Morgan fingerprint density at radius 3 is 2.79 bits per heavy atom. The summed E-state index contributed by atoms with van der Waals surface area (Å²) in [6, 6.07) is 7.95. The molecule has 0 atom stereocenters. The van der Waals surface area contributed by atoms with Crippen molar-refractivity contribution in [2.45, 2.75) is 9.92 Å². The average molecular weight is 281 g/mol. The Morgan fingerprint density at radius 2 is 2.05 bits per heavy atom. The van der Waals surface area contributed by atoms with Gasteiger partial charge in [0.1, 0.15) is 22.4 Å². The largest absolute Gasteiger partial charge is 0.409 e. The van der Waals surface area contributed by atoms with Crippen LogP contribution in [-0.4, -0.2) is 16.0 Å². The molecule has 0 amide bonds. The van der Waals surface area contributed by atoms with Gasteiger partial charge in [-0.2, -0.15) is 0 Å². The Morgan fingerprint density at radius 1 is 1.26 bits per heavy atom. The fraction of sp³-hybridized carbons (Fsp3) is 0. The molecule has 1 aromatic carbocycles. The van der Waals surface area contributed by atoms with Crippen LogP contribution in [-0.2, 0) is 0 Å². The molecule has 0 aliphatic carbocycles. The number of oxime groups is 1. The molecule has 7 heteroatoms. The van der Waals surface area contributed by atoms with Crippen molar-refractivity contribution >= 4 is 17.6 Å². The molecule has 19 heavy (non-hydrogen) atoms. The second-order valence-electron chi connectivity index (χ2n) is 3.52. The van der Waals surface area contributed by atoms with E-state index < -0.39 is 11.6 Å². The Bertz CT molecular complexity index is 634. The van der Waals surface area contributed by atoms with E-state index in [0.29, 0.717) is 5.03 Å². The first-order valence-corrected chi connectivity index (χ1v) is 5.99. The monoisotopic (exact) mass is 281 g/mol. The van der Waals surface area contributed by atoms with E-state index in [1.54, 1.807) is 18.2 Å². The molecule has 0 radical (unpaired) electrons. The highest BCUT2D eigenvalue weighted by molar-refractivity contribution is 7.99. The topological polar surface area (TPSA) is 71.5 Å². The van der Waals surface area contributed by atoms with Crippen LogP contribution >= 0.6 is 11.8 Å². The molecule has 0 aliphatic heterocycles. The van der Waals surface area contributed by atoms with Gasteiger partial charge in [-0.15, -0.1) is 0 Å². The molecule has 2 rings (SSSR count). The summed E-state index contributed by atoms with van der Waals surface area (Å²) in [4.78, 5) is 4.18. The SMILES string of the molecule is NC(=NO)c1cccc(Sc2cc(F)ccc2F)n1. The third-order valence-corrected chi connectivity index (χ3v) is 3.17. The van der Waals surface area contributed by atoms with Gasteiger partial charge >= 0.3 is 0 Å². The van der Waals surface area contributed by atoms with Crippen LogP contribution in [0.2, 0.25) is 0 Å². The number of halogens is 2. The van der Waals surface area contributed by atoms with Crippen LogP contribution in [0.25, 0.3) is 0 Å². The van der Waals surface area contributed by atoms with E-state index in [4.69, 9.17) is 10.9 Å². The number of rotatable bonds is 3. The zero-order valence-electron chi connectivity index (χ0n) is 9.55. The molecule has 3 N–H and O–H groups in total. The summed E-state index contributed by atoms with van der Waals surface area (Å²) in [5, 5.41) is 11.8. The number of aromatic nitrogens is 1. The van der Waals surface area contributed by atoms with E-state index in [1.807, 2.05) is 0 Å². The van der Waals surface area contributed by atoms with Crippen molar-refractivity contribution in [3.05, 3.63) is 53.7 Å². The van der Waals surface area contributed by atoms with E-state index in [2.05, 4.69) is 10.1 Å². The van der Waals surface area contributed by atoms with Crippen molar-refractivity contribution in [1.29, 1.82) is 0 Å². The summed E-state index contributed by atoms with van der Waals surface area (Å²) >= 11 is 0.952. The Hall–Kier alpha value is -2.15. The lowest BCUT2D eigenvalue weighted by atomic mass is 10.3. The standard InChI is InChI=1S/C12H9F2N3OS/c13-7-4-5-8(14)10(6-7)19-11-3-1-2-9(16-11)12(15)17-18/h1-6,18H,(H2,15,17). The average Bonchev–Trinajstić information content (AvgIpc) is 2.42. The van der Waals surface area contributed by atoms with E-state index in [-0.39, 0.29) is 16.4 Å².